The molecule has 1 atom stereocenters. The maximum absolute atomic E-state index is 5.48. The molecule has 1 rings (SSSR count). The Morgan fingerprint density at radius 2 is 1.70 bits per heavy atom. The van der Waals surface area contributed by atoms with E-state index in [1.807, 2.05) is 0 Å². The van der Waals surface area contributed by atoms with Gasteiger partial charge in [-0.3, -0.25) is 0 Å². The molecule has 0 fully saturated rings. The number of nitrogens with one attached hydrogen (secondary N) is 1. The zero-order valence-corrected chi connectivity index (χ0v) is 13.9. The van der Waals surface area contributed by atoms with Gasteiger partial charge in [0.25, 0.3) is 0 Å². The van der Waals surface area contributed by atoms with Crippen LogP contribution in [0.4, 0.5) is 11.4 Å². The Kier molecular flexibility index (Phi) is 6.34. The Morgan fingerprint density at radius 3 is 2.15 bits per heavy atom. The molecule has 1 unspecified atom stereocenters. The lowest BCUT2D eigenvalue weighted by Gasteiger charge is -2.28. The van der Waals surface area contributed by atoms with Crippen LogP contribution in [0.2, 0.25) is 0 Å². The van der Waals surface area contributed by atoms with Gasteiger partial charge in [0.05, 0.1) is 5.60 Å². The molecule has 0 bridgehead atoms. The number of benzene rings is 1. The second-order valence-electron chi connectivity index (χ2n) is 5.93. The summed E-state index contributed by atoms with van der Waals surface area (Å²) in [4.78, 5) is 2.35. The number of nitrogens with zero attached hydrogens (tertiary/aromatic N) is 1. The van der Waals surface area contributed by atoms with Crippen LogP contribution in [0.3, 0.4) is 0 Å². The van der Waals surface area contributed by atoms with Crippen LogP contribution < -0.4 is 10.2 Å². The van der Waals surface area contributed by atoms with E-state index in [4.69, 9.17) is 4.74 Å². The molecule has 1 aromatic rings. The molecule has 0 aromatic heterocycles. The van der Waals surface area contributed by atoms with E-state index in [1.54, 1.807) is 7.11 Å². The third kappa shape index (κ3) is 5.04. The Hall–Kier alpha value is -1.22. The van der Waals surface area contributed by atoms with Crippen molar-refractivity contribution in [1.82, 2.24) is 0 Å². The summed E-state index contributed by atoms with van der Waals surface area (Å²) in [6.45, 7) is 12.9. The first kappa shape index (κ1) is 16.8. The highest BCUT2D eigenvalue weighted by Gasteiger charge is 2.19. The van der Waals surface area contributed by atoms with Gasteiger partial charge in [-0.1, -0.05) is 0 Å². The van der Waals surface area contributed by atoms with Crippen molar-refractivity contribution in [3.63, 3.8) is 0 Å². The first-order valence-electron chi connectivity index (χ1n) is 7.58. The minimum atomic E-state index is -0.0897. The standard InChI is InChI=1S/C17H30N2O/c1-7-19(8-2)16-11-9-15(10-12-16)18-14(3)13-17(4,5)20-6/h9-12,14,18H,7-8,13H2,1-6H3. The summed E-state index contributed by atoms with van der Waals surface area (Å²) in [5.74, 6) is 0. The molecule has 3 heteroatoms. The molecule has 0 spiro atoms. The minimum Gasteiger partial charge on any atom is -0.382 e. The molecule has 0 aliphatic carbocycles. The topological polar surface area (TPSA) is 24.5 Å². The third-order valence-corrected chi connectivity index (χ3v) is 3.76. The average Bonchev–Trinajstić information content (AvgIpc) is 2.41. The van der Waals surface area contributed by atoms with E-state index in [0.717, 1.165) is 19.5 Å². The van der Waals surface area contributed by atoms with Gasteiger partial charge in [0.2, 0.25) is 0 Å². The lowest BCUT2D eigenvalue weighted by Crippen LogP contribution is -2.31. The fourth-order valence-corrected chi connectivity index (χ4v) is 2.51. The zero-order chi connectivity index (χ0) is 15.2. The molecule has 0 saturated heterocycles. The van der Waals surface area contributed by atoms with Crippen LogP contribution in [0.1, 0.15) is 41.0 Å². The van der Waals surface area contributed by atoms with Crippen molar-refractivity contribution in [2.75, 3.05) is 30.4 Å². The molecule has 0 saturated carbocycles. The number of ether oxygens (including phenoxy) is 1. The molecule has 0 amide bonds. The van der Waals surface area contributed by atoms with Gasteiger partial charge in [0.1, 0.15) is 0 Å². The second kappa shape index (κ2) is 7.53. The van der Waals surface area contributed by atoms with E-state index >= 15 is 0 Å². The maximum atomic E-state index is 5.48. The highest BCUT2D eigenvalue weighted by molar-refractivity contribution is 5.55. The van der Waals surface area contributed by atoms with Crippen LogP contribution in [-0.2, 0) is 4.74 Å². The van der Waals surface area contributed by atoms with E-state index in [9.17, 15) is 0 Å². The summed E-state index contributed by atoms with van der Waals surface area (Å²) in [7, 11) is 1.77. The van der Waals surface area contributed by atoms with Gasteiger partial charge in [-0.15, -0.1) is 0 Å². The first-order valence-corrected chi connectivity index (χ1v) is 7.58. The largest absolute Gasteiger partial charge is 0.382 e. The van der Waals surface area contributed by atoms with Crippen LogP contribution in [-0.4, -0.2) is 31.8 Å². The van der Waals surface area contributed by atoms with Gasteiger partial charge >= 0.3 is 0 Å². The number of methoxy groups -OCH3 is 1. The predicted molar refractivity (Wildman–Crippen MR) is 88.8 cm³/mol. The summed E-state index contributed by atoms with van der Waals surface area (Å²) in [5, 5.41) is 3.54. The summed E-state index contributed by atoms with van der Waals surface area (Å²) < 4.78 is 5.48. The lowest BCUT2D eigenvalue weighted by atomic mass is 9.99. The summed E-state index contributed by atoms with van der Waals surface area (Å²) in [6, 6.07) is 9.06. The van der Waals surface area contributed by atoms with Crippen LogP contribution >= 0.6 is 0 Å². The molecule has 1 N–H and O–H groups in total. The molecule has 1 aromatic carbocycles. The van der Waals surface area contributed by atoms with Gasteiger partial charge in [-0.2, -0.15) is 0 Å². The minimum absolute atomic E-state index is 0.0897. The molecule has 0 aliphatic rings. The van der Waals surface area contributed by atoms with Crippen LogP contribution in [0.5, 0.6) is 0 Å². The molecule has 20 heavy (non-hydrogen) atoms. The predicted octanol–water partition coefficient (Wildman–Crippen LogP) is 4.15. The SMILES string of the molecule is CCN(CC)c1ccc(NC(C)CC(C)(C)OC)cc1. The number of rotatable bonds is 8. The zero-order valence-electron chi connectivity index (χ0n) is 13.9. The van der Waals surface area contributed by atoms with Crippen molar-refractivity contribution in [2.24, 2.45) is 0 Å². The van der Waals surface area contributed by atoms with Gasteiger partial charge in [-0.25, -0.2) is 0 Å². The summed E-state index contributed by atoms with van der Waals surface area (Å²) in [5.41, 5.74) is 2.36. The molecule has 3 nitrogen and oxygen atoms in total. The highest BCUT2D eigenvalue weighted by atomic mass is 16.5. The molecular formula is C17H30N2O. The first-order chi connectivity index (χ1) is 9.41. The van der Waals surface area contributed by atoms with E-state index in [2.05, 4.69) is 69.1 Å². The van der Waals surface area contributed by atoms with E-state index < -0.39 is 0 Å². The molecular weight excluding hydrogens is 248 g/mol. The monoisotopic (exact) mass is 278 g/mol. The van der Waals surface area contributed by atoms with Crippen LogP contribution in [0.15, 0.2) is 24.3 Å². The normalized spacial score (nSPS) is 13.1. The Morgan fingerprint density at radius 1 is 1.15 bits per heavy atom. The van der Waals surface area contributed by atoms with Crippen molar-refractivity contribution in [2.45, 2.75) is 52.7 Å². The van der Waals surface area contributed by atoms with Crippen molar-refractivity contribution < 1.29 is 4.74 Å². The van der Waals surface area contributed by atoms with E-state index in [-0.39, 0.29) is 5.60 Å². The summed E-state index contributed by atoms with van der Waals surface area (Å²) in [6.07, 6.45) is 0.974. The summed E-state index contributed by atoms with van der Waals surface area (Å²) >= 11 is 0. The van der Waals surface area contributed by atoms with Crippen molar-refractivity contribution in [1.29, 1.82) is 0 Å². The van der Waals surface area contributed by atoms with Crippen molar-refractivity contribution >= 4 is 11.4 Å². The van der Waals surface area contributed by atoms with Gasteiger partial charge in [0.15, 0.2) is 0 Å². The van der Waals surface area contributed by atoms with Crippen LogP contribution in [0, 0.1) is 0 Å². The number of hydrogen-bond acceptors (Lipinski definition) is 3. The number of hydrogen-bond donors (Lipinski definition) is 1. The van der Waals surface area contributed by atoms with Crippen LogP contribution in [0.25, 0.3) is 0 Å². The molecule has 0 radical (unpaired) electrons. The molecule has 114 valence electrons. The Balaban J connectivity index is 2.61. The lowest BCUT2D eigenvalue weighted by molar-refractivity contribution is 0.0128. The van der Waals surface area contributed by atoms with Gasteiger partial charge in [-0.05, 0) is 65.3 Å². The van der Waals surface area contributed by atoms with E-state index in [1.165, 1.54) is 11.4 Å². The molecule has 0 aliphatic heterocycles. The quantitative estimate of drug-likeness (QED) is 0.773. The van der Waals surface area contributed by atoms with Crippen molar-refractivity contribution in [3.8, 4) is 0 Å². The highest BCUT2D eigenvalue weighted by Crippen LogP contribution is 2.21. The second-order valence-corrected chi connectivity index (χ2v) is 5.93. The Bertz CT molecular complexity index is 382. The average molecular weight is 278 g/mol. The third-order valence-electron chi connectivity index (χ3n) is 3.76. The fourth-order valence-electron chi connectivity index (χ4n) is 2.51. The molecule has 0 heterocycles. The maximum Gasteiger partial charge on any atom is 0.0642 e. The smallest absolute Gasteiger partial charge is 0.0642 e. The van der Waals surface area contributed by atoms with Gasteiger partial charge in [0, 0.05) is 37.6 Å². The van der Waals surface area contributed by atoms with E-state index in [0.29, 0.717) is 6.04 Å². The fraction of sp³-hybridized carbons (Fsp3) is 0.647. The number of anilines is 2. The van der Waals surface area contributed by atoms with Crippen molar-refractivity contribution in [3.05, 3.63) is 24.3 Å². The Labute approximate surface area is 124 Å². The van der Waals surface area contributed by atoms with Gasteiger partial charge < -0.3 is 15.0 Å².